The van der Waals surface area contributed by atoms with Crippen molar-refractivity contribution in [2.24, 2.45) is 5.10 Å². The first-order valence-corrected chi connectivity index (χ1v) is 6.16. The van der Waals surface area contributed by atoms with Crippen LogP contribution in [0.25, 0.3) is 0 Å². The van der Waals surface area contributed by atoms with Crippen molar-refractivity contribution in [2.45, 2.75) is 20.3 Å². The molecule has 0 bridgehead atoms. The highest BCUT2D eigenvalue weighted by Gasteiger charge is 2.04. The van der Waals surface area contributed by atoms with Crippen LogP contribution in [0, 0.1) is 13.8 Å². The fourth-order valence-corrected chi connectivity index (χ4v) is 1.85. The zero-order valence-corrected chi connectivity index (χ0v) is 11.1. The quantitative estimate of drug-likeness (QED) is 0.639. The van der Waals surface area contributed by atoms with Gasteiger partial charge >= 0.3 is 0 Å². The number of H-pyrrole nitrogens is 1. The van der Waals surface area contributed by atoms with Gasteiger partial charge in [-0.3, -0.25) is 4.79 Å². The molecule has 0 saturated carbocycles. The number of amides is 1. The second-order valence-electron chi connectivity index (χ2n) is 4.53. The van der Waals surface area contributed by atoms with Crippen LogP contribution in [0.1, 0.15) is 22.4 Å². The van der Waals surface area contributed by atoms with Crippen molar-refractivity contribution in [1.29, 1.82) is 0 Å². The van der Waals surface area contributed by atoms with E-state index in [9.17, 15) is 4.79 Å². The Morgan fingerprint density at radius 1 is 1.37 bits per heavy atom. The summed E-state index contributed by atoms with van der Waals surface area (Å²) >= 11 is 0. The zero-order valence-electron chi connectivity index (χ0n) is 11.1. The molecular weight excluding hydrogens is 238 g/mol. The van der Waals surface area contributed by atoms with E-state index >= 15 is 0 Å². The lowest BCUT2D eigenvalue weighted by atomic mass is 10.0. The van der Waals surface area contributed by atoms with Crippen molar-refractivity contribution < 1.29 is 4.79 Å². The van der Waals surface area contributed by atoms with Gasteiger partial charge in [0.25, 0.3) is 0 Å². The first kappa shape index (κ1) is 13.1. The van der Waals surface area contributed by atoms with Gasteiger partial charge in [0.2, 0.25) is 5.91 Å². The third-order valence-electron chi connectivity index (χ3n) is 2.86. The van der Waals surface area contributed by atoms with Crippen molar-refractivity contribution in [3.8, 4) is 0 Å². The standard InChI is InChI=1S/C15H17N3O/c1-11-5-6-13(12(2)8-11)9-15(19)18-17-10-14-4-3-7-16-14/h3-8,10,16H,9H2,1-2H3,(H,18,19)/b17-10-. The van der Waals surface area contributed by atoms with Gasteiger partial charge in [-0.2, -0.15) is 5.10 Å². The molecule has 4 heteroatoms. The average Bonchev–Trinajstić information content (AvgIpc) is 2.86. The number of aromatic amines is 1. The molecule has 1 aromatic heterocycles. The topological polar surface area (TPSA) is 57.2 Å². The number of carbonyl (C=O) groups is 1. The van der Waals surface area contributed by atoms with Crippen LogP contribution >= 0.6 is 0 Å². The Bertz CT molecular complexity index is 585. The van der Waals surface area contributed by atoms with E-state index in [1.807, 2.05) is 38.1 Å². The van der Waals surface area contributed by atoms with Gasteiger partial charge in [0.15, 0.2) is 0 Å². The molecule has 1 heterocycles. The first-order valence-electron chi connectivity index (χ1n) is 6.16. The molecule has 2 rings (SSSR count). The first-order chi connectivity index (χ1) is 9.15. The highest BCUT2D eigenvalue weighted by Crippen LogP contribution is 2.10. The minimum absolute atomic E-state index is 0.116. The predicted octanol–water partition coefficient (Wildman–Crippen LogP) is 2.32. The number of benzene rings is 1. The second kappa shape index (κ2) is 6.00. The molecule has 98 valence electrons. The van der Waals surface area contributed by atoms with E-state index in [4.69, 9.17) is 0 Å². The molecule has 4 nitrogen and oxygen atoms in total. The molecule has 0 aliphatic heterocycles. The van der Waals surface area contributed by atoms with Crippen molar-refractivity contribution in [2.75, 3.05) is 0 Å². The summed E-state index contributed by atoms with van der Waals surface area (Å²) in [5.41, 5.74) is 6.73. The van der Waals surface area contributed by atoms with Crippen LogP contribution in [0.2, 0.25) is 0 Å². The van der Waals surface area contributed by atoms with E-state index in [1.165, 1.54) is 5.56 Å². The van der Waals surface area contributed by atoms with E-state index in [2.05, 4.69) is 21.6 Å². The maximum Gasteiger partial charge on any atom is 0.244 e. The molecule has 0 aliphatic rings. The second-order valence-corrected chi connectivity index (χ2v) is 4.53. The molecule has 0 fully saturated rings. The molecule has 0 atom stereocenters. The van der Waals surface area contributed by atoms with Gasteiger partial charge < -0.3 is 4.98 Å². The molecular formula is C15H17N3O. The summed E-state index contributed by atoms with van der Waals surface area (Å²) in [6.45, 7) is 4.05. The highest BCUT2D eigenvalue weighted by molar-refractivity contribution is 5.82. The van der Waals surface area contributed by atoms with E-state index in [0.717, 1.165) is 16.8 Å². The Morgan fingerprint density at radius 2 is 2.21 bits per heavy atom. The van der Waals surface area contributed by atoms with Gasteiger partial charge in [-0.25, -0.2) is 5.43 Å². The summed E-state index contributed by atoms with van der Waals surface area (Å²) in [5.74, 6) is -0.116. The van der Waals surface area contributed by atoms with Crippen LogP contribution < -0.4 is 5.43 Å². The maximum atomic E-state index is 11.7. The normalized spacial score (nSPS) is 10.8. The number of hydrogen-bond acceptors (Lipinski definition) is 2. The number of rotatable bonds is 4. The Morgan fingerprint density at radius 3 is 2.89 bits per heavy atom. The average molecular weight is 255 g/mol. The Hall–Kier alpha value is -2.36. The molecule has 2 aromatic rings. The summed E-state index contributed by atoms with van der Waals surface area (Å²) in [6.07, 6.45) is 3.73. The van der Waals surface area contributed by atoms with Gasteiger partial charge in [-0.1, -0.05) is 23.8 Å². The lowest BCUT2D eigenvalue weighted by Crippen LogP contribution is -2.20. The van der Waals surface area contributed by atoms with Crippen LogP contribution in [0.4, 0.5) is 0 Å². The van der Waals surface area contributed by atoms with E-state index in [0.29, 0.717) is 6.42 Å². The Kier molecular flexibility index (Phi) is 4.13. The van der Waals surface area contributed by atoms with Crippen LogP contribution in [-0.4, -0.2) is 17.1 Å². The fraction of sp³-hybridized carbons (Fsp3) is 0.200. The van der Waals surface area contributed by atoms with Crippen molar-refractivity contribution >= 4 is 12.1 Å². The summed E-state index contributed by atoms with van der Waals surface area (Å²) < 4.78 is 0. The molecule has 0 saturated heterocycles. The molecule has 1 amide bonds. The van der Waals surface area contributed by atoms with Crippen LogP contribution in [0.5, 0.6) is 0 Å². The summed E-state index contributed by atoms with van der Waals surface area (Å²) in [7, 11) is 0. The van der Waals surface area contributed by atoms with Gasteiger partial charge in [0, 0.05) is 6.20 Å². The SMILES string of the molecule is Cc1ccc(CC(=O)N/N=C\c2ccc[nH]2)c(C)c1. The molecule has 0 aliphatic carbocycles. The molecule has 2 N–H and O–H groups in total. The van der Waals surface area contributed by atoms with Crippen LogP contribution in [-0.2, 0) is 11.2 Å². The number of nitrogens with zero attached hydrogens (tertiary/aromatic N) is 1. The minimum atomic E-state index is -0.116. The lowest BCUT2D eigenvalue weighted by Gasteiger charge is -2.05. The predicted molar refractivity (Wildman–Crippen MR) is 76.1 cm³/mol. The van der Waals surface area contributed by atoms with Gasteiger partial charge in [-0.05, 0) is 37.1 Å². The fourth-order valence-electron chi connectivity index (χ4n) is 1.85. The number of hydrazone groups is 1. The summed E-state index contributed by atoms with van der Waals surface area (Å²) in [5, 5.41) is 3.90. The summed E-state index contributed by atoms with van der Waals surface area (Å²) in [4.78, 5) is 14.7. The van der Waals surface area contributed by atoms with Crippen molar-refractivity contribution in [3.63, 3.8) is 0 Å². The number of hydrogen-bond donors (Lipinski definition) is 2. The van der Waals surface area contributed by atoms with Gasteiger partial charge in [0.1, 0.15) is 0 Å². The van der Waals surface area contributed by atoms with Crippen molar-refractivity contribution in [3.05, 3.63) is 58.9 Å². The van der Waals surface area contributed by atoms with Crippen molar-refractivity contribution in [1.82, 2.24) is 10.4 Å². The third kappa shape index (κ3) is 3.81. The number of carbonyl (C=O) groups excluding carboxylic acids is 1. The third-order valence-corrected chi connectivity index (χ3v) is 2.86. The largest absolute Gasteiger partial charge is 0.360 e. The van der Waals surface area contributed by atoms with Gasteiger partial charge in [0.05, 0.1) is 18.3 Å². The molecule has 19 heavy (non-hydrogen) atoms. The molecule has 0 spiro atoms. The zero-order chi connectivity index (χ0) is 13.7. The van der Waals surface area contributed by atoms with Crippen LogP contribution in [0.3, 0.4) is 0 Å². The molecule has 0 unspecified atom stereocenters. The smallest absolute Gasteiger partial charge is 0.244 e. The number of aryl methyl sites for hydroxylation is 2. The van der Waals surface area contributed by atoms with E-state index < -0.39 is 0 Å². The highest BCUT2D eigenvalue weighted by atomic mass is 16.2. The Labute approximate surface area is 112 Å². The number of nitrogens with one attached hydrogen (secondary N) is 2. The van der Waals surface area contributed by atoms with Crippen LogP contribution in [0.15, 0.2) is 41.6 Å². The summed E-state index contributed by atoms with van der Waals surface area (Å²) in [6, 6.07) is 9.82. The van der Waals surface area contributed by atoms with E-state index in [1.54, 1.807) is 12.4 Å². The molecule has 0 radical (unpaired) electrons. The monoisotopic (exact) mass is 255 g/mol. The lowest BCUT2D eigenvalue weighted by molar-refractivity contribution is -0.120. The van der Waals surface area contributed by atoms with E-state index in [-0.39, 0.29) is 5.91 Å². The van der Waals surface area contributed by atoms with Gasteiger partial charge in [-0.15, -0.1) is 0 Å². The Balaban J connectivity index is 1.91. The number of aromatic nitrogens is 1. The maximum absolute atomic E-state index is 11.7. The molecule has 1 aromatic carbocycles. The minimum Gasteiger partial charge on any atom is -0.360 e.